The first-order valence-electron chi connectivity index (χ1n) is 10.1. The second-order valence-corrected chi connectivity index (χ2v) is 10.6. The summed E-state index contributed by atoms with van der Waals surface area (Å²) < 4.78 is 66.7. The molecule has 0 aliphatic heterocycles. The maximum Gasteiger partial charge on any atom is 0.394 e. The Hall–Kier alpha value is -3.51. The molecule has 1 heterocycles. The summed E-state index contributed by atoms with van der Waals surface area (Å²) in [5.74, 6) is 0.867. The van der Waals surface area contributed by atoms with Crippen molar-refractivity contribution >= 4 is 61.6 Å². The number of carbonyl (C=O) groups excluding carboxylic acids is 1. The van der Waals surface area contributed by atoms with Gasteiger partial charge in [0.25, 0.3) is 5.91 Å². The van der Waals surface area contributed by atoms with Crippen molar-refractivity contribution in [1.82, 2.24) is 9.97 Å². The van der Waals surface area contributed by atoms with E-state index in [0.717, 1.165) is 29.2 Å². The summed E-state index contributed by atoms with van der Waals surface area (Å²) in [6.45, 7) is 0. The SMILES string of the molecule is Nc1nc(N)c(CCCSc2ccc(NC(=O)c3cccc(S(=O)(=O)F)c3)cc2)c(N)n1.O=S(=O)(O)O. The van der Waals surface area contributed by atoms with Gasteiger partial charge in [-0.15, -0.1) is 15.6 Å². The highest BCUT2D eigenvalue weighted by Gasteiger charge is 2.15. The van der Waals surface area contributed by atoms with Crippen LogP contribution in [0.3, 0.4) is 0 Å². The van der Waals surface area contributed by atoms with E-state index in [9.17, 15) is 17.1 Å². The number of hydrogen-bond donors (Lipinski definition) is 6. The minimum atomic E-state index is -4.88. The fourth-order valence-electron chi connectivity index (χ4n) is 2.86. The minimum Gasteiger partial charge on any atom is -0.383 e. The van der Waals surface area contributed by atoms with Gasteiger partial charge in [0.1, 0.15) is 11.6 Å². The number of nitrogens with two attached hydrogens (primary N) is 3. The summed E-state index contributed by atoms with van der Waals surface area (Å²) in [6, 6.07) is 11.9. The Kier molecular flexibility index (Phi) is 10.2. The van der Waals surface area contributed by atoms with E-state index in [1.165, 1.54) is 12.1 Å². The number of halogens is 1. The minimum absolute atomic E-state index is 0.0346. The zero-order valence-electron chi connectivity index (χ0n) is 18.9. The quantitative estimate of drug-likeness (QED) is 0.0979. The summed E-state index contributed by atoms with van der Waals surface area (Å²) in [6.07, 6.45) is 1.41. The van der Waals surface area contributed by atoms with E-state index in [0.29, 0.717) is 17.7 Å². The zero-order chi connectivity index (χ0) is 27.8. The number of benzene rings is 2. The average molecular weight is 575 g/mol. The Bertz CT molecular complexity index is 1440. The number of aromatic nitrogens is 2. The maximum absolute atomic E-state index is 13.1. The van der Waals surface area contributed by atoms with Crippen molar-refractivity contribution in [3.63, 3.8) is 0 Å². The van der Waals surface area contributed by atoms with Gasteiger partial charge >= 0.3 is 20.6 Å². The molecule has 9 N–H and O–H groups in total. The van der Waals surface area contributed by atoms with Crippen LogP contribution in [0.25, 0.3) is 0 Å². The van der Waals surface area contributed by atoms with Gasteiger partial charge in [-0.2, -0.15) is 26.8 Å². The number of nitrogen functional groups attached to an aromatic ring is 3. The lowest BCUT2D eigenvalue weighted by atomic mass is 10.1. The third-order valence-corrected chi connectivity index (χ3v) is 6.33. The topological polar surface area (TPSA) is 242 Å². The number of rotatable bonds is 8. The van der Waals surface area contributed by atoms with Gasteiger partial charge in [0.05, 0.1) is 4.90 Å². The van der Waals surface area contributed by atoms with E-state index in [1.54, 1.807) is 23.9 Å². The molecule has 1 aromatic heterocycles. The third kappa shape index (κ3) is 10.6. The molecule has 0 aliphatic rings. The molecule has 0 aliphatic carbocycles. The Labute approximate surface area is 216 Å². The largest absolute Gasteiger partial charge is 0.394 e. The molecule has 2 aromatic carbocycles. The summed E-state index contributed by atoms with van der Waals surface area (Å²) >= 11 is 1.61. The summed E-state index contributed by atoms with van der Waals surface area (Å²) in [5, 5.41) is 2.65. The molecular formula is C20H23FN6O7S3. The second-order valence-electron chi connectivity index (χ2n) is 7.17. The monoisotopic (exact) mass is 574 g/mol. The van der Waals surface area contributed by atoms with E-state index >= 15 is 0 Å². The number of nitrogens with zero attached hydrogens (tertiary/aromatic N) is 2. The molecule has 17 heteroatoms. The normalized spacial score (nSPS) is 11.3. The molecule has 0 fully saturated rings. The van der Waals surface area contributed by atoms with Crippen LogP contribution in [0.2, 0.25) is 0 Å². The van der Waals surface area contributed by atoms with E-state index in [-0.39, 0.29) is 23.1 Å². The standard InChI is InChI=1S/C20H21FN6O3S2.H2O4S/c21-32(29,30)15-4-1-3-12(11-15)19(28)25-13-6-8-14(9-7-13)31-10-2-5-16-17(22)26-20(24)27-18(16)23;1-5(2,3)4/h1,3-4,6-9,11H,2,5,10H2,(H,25,28)(H6,22,23,24,26,27);(H2,1,2,3,4). The molecule has 1 amide bonds. The number of amides is 1. The lowest BCUT2D eigenvalue weighted by Gasteiger charge is -2.09. The summed E-state index contributed by atoms with van der Waals surface area (Å²) in [5.41, 5.74) is 18.4. The van der Waals surface area contributed by atoms with Crippen LogP contribution < -0.4 is 22.5 Å². The smallest absolute Gasteiger partial charge is 0.383 e. The van der Waals surface area contributed by atoms with Gasteiger partial charge in [-0.1, -0.05) is 6.07 Å². The molecule has 0 radical (unpaired) electrons. The first kappa shape index (κ1) is 29.7. The molecule has 3 aromatic rings. The molecule has 200 valence electrons. The second kappa shape index (κ2) is 12.6. The van der Waals surface area contributed by atoms with Crippen LogP contribution in [0.4, 0.5) is 27.2 Å². The first-order chi connectivity index (χ1) is 17.1. The van der Waals surface area contributed by atoms with Crippen molar-refractivity contribution in [3.05, 3.63) is 59.7 Å². The molecule has 0 unspecified atom stereocenters. The molecule has 0 saturated heterocycles. The van der Waals surface area contributed by atoms with Crippen LogP contribution in [0.15, 0.2) is 58.3 Å². The number of thioether (sulfide) groups is 1. The molecule has 0 atom stereocenters. The van der Waals surface area contributed by atoms with Gasteiger partial charge in [0.15, 0.2) is 0 Å². The summed E-state index contributed by atoms with van der Waals surface area (Å²) in [4.78, 5) is 20.6. The van der Waals surface area contributed by atoms with Crippen molar-refractivity contribution in [2.45, 2.75) is 22.6 Å². The van der Waals surface area contributed by atoms with E-state index in [2.05, 4.69) is 15.3 Å². The number of anilines is 4. The fraction of sp³-hybridized carbons (Fsp3) is 0.150. The van der Waals surface area contributed by atoms with Gasteiger partial charge in [-0.05, 0) is 61.1 Å². The van der Waals surface area contributed by atoms with Gasteiger partial charge in [-0.3, -0.25) is 13.9 Å². The van der Waals surface area contributed by atoms with Crippen LogP contribution in [0, 0.1) is 0 Å². The van der Waals surface area contributed by atoms with Crippen LogP contribution in [0.5, 0.6) is 0 Å². The van der Waals surface area contributed by atoms with Crippen molar-refractivity contribution in [1.29, 1.82) is 0 Å². The van der Waals surface area contributed by atoms with Crippen LogP contribution in [0.1, 0.15) is 22.3 Å². The van der Waals surface area contributed by atoms with E-state index < -0.39 is 31.4 Å². The van der Waals surface area contributed by atoms with Crippen LogP contribution >= 0.6 is 11.8 Å². The lowest BCUT2D eigenvalue weighted by Crippen LogP contribution is -2.12. The Balaban J connectivity index is 0.000000877. The summed E-state index contributed by atoms with van der Waals surface area (Å²) in [7, 11) is -9.55. The van der Waals surface area contributed by atoms with E-state index in [1.807, 2.05) is 12.1 Å². The van der Waals surface area contributed by atoms with Crippen LogP contribution in [-0.2, 0) is 27.0 Å². The highest BCUT2D eigenvalue weighted by Crippen LogP contribution is 2.24. The van der Waals surface area contributed by atoms with Gasteiger partial charge in [0.2, 0.25) is 5.95 Å². The Morgan fingerprint density at radius 2 is 1.54 bits per heavy atom. The average Bonchev–Trinajstić information content (AvgIpc) is 2.77. The van der Waals surface area contributed by atoms with Crippen molar-refractivity contribution < 1.29 is 34.6 Å². The van der Waals surface area contributed by atoms with Gasteiger partial charge in [-0.25, -0.2) is 0 Å². The Morgan fingerprint density at radius 1 is 0.973 bits per heavy atom. The number of hydrogen-bond acceptors (Lipinski definition) is 11. The molecule has 37 heavy (non-hydrogen) atoms. The van der Waals surface area contributed by atoms with Crippen molar-refractivity contribution in [2.75, 3.05) is 28.3 Å². The zero-order valence-corrected chi connectivity index (χ0v) is 21.4. The molecule has 3 rings (SSSR count). The predicted molar refractivity (Wildman–Crippen MR) is 138 cm³/mol. The molecule has 13 nitrogen and oxygen atoms in total. The van der Waals surface area contributed by atoms with Crippen molar-refractivity contribution in [3.8, 4) is 0 Å². The van der Waals surface area contributed by atoms with Crippen molar-refractivity contribution in [2.24, 2.45) is 0 Å². The highest BCUT2D eigenvalue weighted by molar-refractivity contribution is 7.99. The molecule has 0 bridgehead atoms. The predicted octanol–water partition coefficient (Wildman–Crippen LogP) is 2.21. The van der Waals surface area contributed by atoms with Gasteiger partial charge < -0.3 is 22.5 Å². The maximum atomic E-state index is 13.1. The van der Waals surface area contributed by atoms with E-state index in [4.69, 9.17) is 34.7 Å². The molecule has 0 spiro atoms. The third-order valence-electron chi connectivity index (χ3n) is 4.42. The molecular weight excluding hydrogens is 551 g/mol. The fourth-order valence-corrected chi connectivity index (χ4v) is 4.22. The van der Waals surface area contributed by atoms with Gasteiger partial charge in [0, 0.05) is 21.7 Å². The first-order valence-corrected chi connectivity index (χ1v) is 13.9. The Morgan fingerprint density at radius 3 is 2.08 bits per heavy atom. The molecule has 0 saturated carbocycles. The lowest BCUT2D eigenvalue weighted by molar-refractivity contribution is 0.102. The number of carbonyl (C=O) groups is 1. The number of nitrogens with one attached hydrogen (secondary N) is 1. The van der Waals surface area contributed by atoms with Crippen LogP contribution in [-0.4, -0.2) is 47.6 Å². The highest BCUT2D eigenvalue weighted by atomic mass is 32.3.